The van der Waals surface area contributed by atoms with E-state index >= 15 is 0 Å². The van der Waals surface area contributed by atoms with Gasteiger partial charge in [0.05, 0.1) is 12.5 Å². The highest BCUT2D eigenvalue weighted by Crippen LogP contribution is 2.23. The van der Waals surface area contributed by atoms with E-state index < -0.39 is 0 Å². The highest BCUT2D eigenvalue weighted by Gasteiger charge is 2.28. The number of nitrogens with one attached hydrogen (secondary N) is 1. The molecule has 0 saturated carbocycles. The second-order valence-electron chi connectivity index (χ2n) is 4.98. The number of carbonyl (C=O) groups is 1. The fraction of sp³-hybridized carbons (Fsp3) is 0.467. The number of hydrogen-bond acceptors (Lipinski definition) is 3. The fourth-order valence-corrected chi connectivity index (χ4v) is 2.38. The summed E-state index contributed by atoms with van der Waals surface area (Å²) in [6.07, 6.45) is 1.12. The predicted octanol–water partition coefficient (Wildman–Crippen LogP) is 1.91. The number of hydrogen-bond donors (Lipinski definition) is 1. The first-order chi connectivity index (χ1) is 9.13. The van der Waals surface area contributed by atoms with Crippen LogP contribution < -0.4 is 10.2 Å². The van der Waals surface area contributed by atoms with E-state index in [0.29, 0.717) is 6.54 Å². The van der Waals surface area contributed by atoms with Gasteiger partial charge in [0.25, 0.3) is 0 Å². The molecule has 1 amide bonds. The molecule has 4 nitrogen and oxygen atoms in total. The molecule has 0 bridgehead atoms. The summed E-state index contributed by atoms with van der Waals surface area (Å²) in [5.41, 5.74) is 3.47. The molecule has 1 aromatic rings. The van der Waals surface area contributed by atoms with Crippen molar-refractivity contribution in [2.45, 2.75) is 32.7 Å². The van der Waals surface area contributed by atoms with Gasteiger partial charge in [-0.1, -0.05) is 6.07 Å². The van der Waals surface area contributed by atoms with Gasteiger partial charge in [0.15, 0.2) is 0 Å². The van der Waals surface area contributed by atoms with Gasteiger partial charge in [-0.25, -0.2) is 0 Å². The van der Waals surface area contributed by atoms with Crippen LogP contribution in [0.2, 0.25) is 0 Å². The van der Waals surface area contributed by atoms with Crippen LogP contribution in [-0.2, 0) is 4.79 Å². The molecule has 0 spiro atoms. The lowest BCUT2D eigenvalue weighted by molar-refractivity contribution is -0.121. The van der Waals surface area contributed by atoms with Crippen molar-refractivity contribution in [3.8, 4) is 6.07 Å². The highest BCUT2D eigenvalue weighted by atomic mass is 16.2. The summed E-state index contributed by atoms with van der Waals surface area (Å²) < 4.78 is 0. The van der Waals surface area contributed by atoms with Gasteiger partial charge in [0, 0.05) is 18.8 Å². The number of anilines is 1. The van der Waals surface area contributed by atoms with Gasteiger partial charge in [-0.15, -0.1) is 0 Å². The number of nitriles is 1. The van der Waals surface area contributed by atoms with E-state index in [1.54, 1.807) is 0 Å². The molecular weight excluding hydrogens is 238 g/mol. The Hall–Kier alpha value is -2.02. The number of carbonyl (C=O) groups excluding carboxylic acids is 1. The molecule has 0 aliphatic carbocycles. The van der Waals surface area contributed by atoms with Crippen LogP contribution in [0.25, 0.3) is 0 Å². The molecule has 100 valence electrons. The van der Waals surface area contributed by atoms with E-state index in [-0.39, 0.29) is 18.4 Å². The molecule has 0 radical (unpaired) electrons. The van der Waals surface area contributed by atoms with Gasteiger partial charge in [0.1, 0.15) is 6.04 Å². The van der Waals surface area contributed by atoms with E-state index in [1.165, 1.54) is 11.1 Å². The summed E-state index contributed by atoms with van der Waals surface area (Å²) in [6, 6.07) is 7.93. The topological polar surface area (TPSA) is 56.1 Å². The molecule has 1 fully saturated rings. The van der Waals surface area contributed by atoms with Gasteiger partial charge in [-0.05, 0) is 43.5 Å². The van der Waals surface area contributed by atoms with Gasteiger partial charge < -0.3 is 10.2 Å². The van der Waals surface area contributed by atoms with Crippen LogP contribution in [-0.4, -0.2) is 25.0 Å². The van der Waals surface area contributed by atoms with E-state index in [0.717, 1.165) is 18.7 Å². The molecule has 1 N–H and O–H groups in total. The standard InChI is InChI=1S/C15H19N3O/c1-11-4-5-13(10-12(11)2)18-9-3-8-17-15(19)14(18)6-7-16/h4-5,10,14H,3,6,8-9H2,1-2H3,(H,17,19). The smallest absolute Gasteiger partial charge is 0.243 e. The van der Waals surface area contributed by atoms with Crippen molar-refractivity contribution < 1.29 is 4.79 Å². The lowest BCUT2D eigenvalue weighted by Crippen LogP contribution is -2.44. The second kappa shape index (κ2) is 5.75. The molecule has 1 saturated heterocycles. The minimum atomic E-state index is -0.380. The van der Waals surface area contributed by atoms with Crippen molar-refractivity contribution in [1.29, 1.82) is 5.26 Å². The summed E-state index contributed by atoms with van der Waals surface area (Å²) >= 11 is 0. The molecule has 1 aliphatic heterocycles. The zero-order chi connectivity index (χ0) is 13.8. The molecule has 0 aromatic heterocycles. The highest BCUT2D eigenvalue weighted by molar-refractivity contribution is 5.86. The monoisotopic (exact) mass is 257 g/mol. The fourth-order valence-electron chi connectivity index (χ4n) is 2.38. The number of nitrogens with zero attached hydrogens (tertiary/aromatic N) is 2. The van der Waals surface area contributed by atoms with E-state index in [1.807, 2.05) is 6.07 Å². The van der Waals surface area contributed by atoms with Gasteiger partial charge in [-0.3, -0.25) is 4.79 Å². The van der Waals surface area contributed by atoms with Crippen molar-refractivity contribution in [3.63, 3.8) is 0 Å². The summed E-state index contributed by atoms with van der Waals surface area (Å²) in [6.45, 7) is 5.62. The minimum absolute atomic E-state index is 0.0442. The average molecular weight is 257 g/mol. The maximum atomic E-state index is 12.0. The Morgan fingerprint density at radius 2 is 2.21 bits per heavy atom. The maximum absolute atomic E-state index is 12.0. The summed E-state index contributed by atoms with van der Waals surface area (Å²) in [5, 5.41) is 11.8. The van der Waals surface area contributed by atoms with Gasteiger partial charge in [0.2, 0.25) is 5.91 Å². The quantitative estimate of drug-likeness (QED) is 0.880. The van der Waals surface area contributed by atoms with Crippen LogP contribution in [0.1, 0.15) is 24.0 Å². The van der Waals surface area contributed by atoms with E-state index in [2.05, 4.69) is 42.3 Å². The number of benzene rings is 1. The number of aryl methyl sites for hydroxylation is 2. The summed E-state index contributed by atoms with van der Waals surface area (Å²) in [5.74, 6) is -0.0442. The van der Waals surface area contributed by atoms with Crippen LogP contribution in [0.5, 0.6) is 0 Å². The van der Waals surface area contributed by atoms with E-state index in [9.17, 15) is 4.79 Å². The first kappa shape index (κ1) is 13.4. The van der Waals surface area contributed by atoms with Gasteiger partial charge in [-0.2, -0.15) is 5.26 Å². The average Bonchev–Trinajstić information content (AvgIpc) is 2.57. The third kappa shape index (κ3) is 2.87. The Bertz CT molecular complexity index is 519. The first-order valence-electron chi connectivity index (χ1n) is 6.62. The SMILES string of the molecule is Cc1ccc(N2CCCNC(=O)C2CC#N)cc1C. The maximum Gasteiger partial charge on any atom is 0.243 e. The Morgan fingerprint density at radius 3 is 2.89 bits per heavy atom. The van der Waals surface area contributed by atoms with E-state index in [4.69, 9.17) is 5.26 Å². The Morgan fingerprint density at radius 1 is 1.42 bits per heavy atom. The molecule has 1 unspecified atom stereocenters. The lowest BCUT2D eigenvalue weighted by Gasteiger charge is -2.29. The van der Waals surface area contributed by atoms with Crippen LogP contribution in [0.15, 0.2) is 18.2 Å². The largest absolute Gasteiger partial charge is 0.359 e. The molecule has 1 aliphatic rings. The number of amides is 1. The third-order valence-electron chi connectivity index (χ3n) is 3.66. The third-order valence-corrected chi connectivity index (χ3v) is 3.66. The minimum Gasteiger partial charge on any atom is -0.359 e. The first-order valence-corrected chi connectivity index (χ1v) is 6.62. The molecule has 1 heterocycles. The number of rotatable bonds is 2. The zero-order valence-electron chi connectivity index (χ0n) is 11.4. The normalized spacial score (nSPS) is 19.5. The molecule has 2 rings (SSSR count). The van der Waals surface area contributed by atoms with Crippen molar-refractivity contribution >= 4 is 11.6 Å². The van der Waals surface area contributed by atoms with Crippen molar-refractivity contribution in [1.82, 2.24) is 5.32 Å². The van der Waals surface area contributed by atoms with Crippen LogP contribution >= 0.6 is 0 Å². The molecule has 1 aromatic carbocycles. The van der Waals surface area contributed by atoms with Crippen molar-refractivity contribution in [3.05, 3.63) is 29.3 Å². The van der Waals surface area contributed by atoms with Gasteiger partial charge >= 0.3 is 0 Å². The Balaban J connectivity index is 2.34. The Labute approximate surface area is 114 Å². The van der Waals surface area contributed by atoms with Crippen LogP contribution in [0, 0.1) is 25.2 Å². The second-order valence-corrected chi connectivity index (χ2v) is 4.98. The summed E-state index contributed by atoms with van der Waals surface area (Å²) in [4.78, 5) is 14.1. The molecular formula is C15H19N3O. The predicted molar refractivity (Wildman–Crippen MR) is 74.9 cm³/mol. The zero-order valence-corrected chi connectivity index (χ0v) is 11.4. The van der Waals surface area contributed by atoms with Crippen molar-refractivity contribution in [2.75, 3.05) is 18.0 Å². The van der Waals surface area contributed by atoms with Crippen LogP contribution in [0.3, 0.4) is 0 Å². The summed E-state index contributed by atoms with van der Waals surface area (Å²) in [7, 11) is 0. The molecule has 4 heteroatoms. The van der Waals surface area contributed by atoms with Crippen molar-refractivity contribution in [2.24, 2.45) is 0 Å². The molecule has 1 atom stereocenters. The lowest BCUT2D eigenvalue weighted by atomic mass is 10.1. The van der Waals surface area contributed by atoms with Crippen LogP contribution in [0.4, 0.5) is 5.69 Å². The Kier molecular flexibility index (Phi) is 4.06. The molecule has 19 heavy (non-hydrogen) atoms.